The number of benzene rings is 1. The molecule has 1 aromatic rings. The molecule has 0 aliphatic heterocycles. The molecule has 17 heavy (non-hydrogen) atoms. The summed E-state index contributed by atoms with van der Waals surface area (Å²) in [5.41, 5.74) is 1.14. The Hall–Kier alpha value is -1.51. The molecule has 0 radical (unpaired) electrons. The molecule has 1 aliphatic rings. The molecule has 1 fully saturated rings. The summed E-state index contributed by atoms with van der Waals surface area (Å²) in [4.78, 5) is 11.6. The fraction of sp³-hybridized carbons (Fsp3) is 0.500. The molecule has 1 aromatic carbocycles. The van der Waals surface area contributed by atoms with Gasteiger partial charge in [-0.3, -0.25) is 4.79 Å². The number of carbonyl (C=O) groups excluding carboxylic acids is 1. The lowest BCUT2D eigenvalue weighted by Gasteiger charge is -2.24. The quantitative estimate of drug-likeness (QED) is 0.846. The lowest BCUT2D eigenvalue weighted by Crippen LogP contribution is -2.35. The van der Waals surface area contributed by atoms with Crippen LogP contribution in [-0.2, 0) is 11.2 Å². The van der Waals surface area contributed by atoms with E-state index in [0.717, 1.165) is 30.6 Å². The van der Waals surface area contributed by atoms with E-state index in [9.17, 15) is 4.79 Å². The number of para-hydroxylation sites is 1. The summed E-state index contributed by atoms with van der Waals surface area (Å²) in [7, 11) is 1.67. The van der Waals surface area contributed by atoms with E-state index in [1.165, 1.54) is 6.42 Å². The standard InChI is InChI=1S/C14H19NO2/c1-17-13-8-3-2-5-11(13)9-10-15-14(16)12-6-4-7-12/h2-3,5,8,12H,4,6-7,9-10H2,1H3,(H,15,16). The SMILES string of the molecule is COc1ccccc1CCNC(=O)C1CCC1. The lowest BCUT2D eigenvalue weighted by molar-refractivity contribution is -0.127. The topological polar surface area (TPSA) is 38.3 Å². The summed E-state index contributed by atoms with van der Waals surface area (Å²) in [6.07, 6.45) is 4.13. The number of amides is 1. The Morgan fingerprint density at radius 1 is 1.41 bits per heavy atom. The van der Waals surface area contributed by atoms with Gasteiger partial charge < -0.3 is 10.1 Å². The second kappa shape index (κ2) is 5.71. The molecule has 0 unspecified atom stereocenters. The molecule has 3 nitrogen and oxygen atoms in total. The van der Waals surface area contributed by atoms with E-state index in [1.807, 2.05) is 24.3 Å². The Morgan fingerprint density at radius 3 is 2.82 bits per heavy atom. The van der Waals surface area contributed by atoms with Crippen LogP contribution in [-0.4, -0.2) is 19.6 Å². The molecule has 2 rings (SSSR count). The van der Waals surface area contributed by atoms with Crippen molar-refractivity contribution in [1.29, 1.82) is 0 Å². The number of hydrogen-bond acceptors (Lipinski definition) is 2. The third-order valence-corrected chi connectivity index (χ3v) is 3.36. The molecule has 0 saturated heterocycles. The van der Waals surface area contributed by atoms with Crippen molar-refractivity contribution in [2.45, 2.75) is 25.7 Å². The fourth-order valence-electron chi connectivity index (χ4n) is 2.04. The molecular weight excluding hydrogens is 214 g/mol. The van der Waals surface area contributed by atoms with Crippen molar-refractivity contribution in [1.82, 2.24) is 5.32 Å². The first-order valence-corrected chi connectivity index (χ1v) is 6.21. The summed E-state index contributed by atoms with van der Waals surface area (Å²) >= 11 is 0. The van der Waals surface area contributed by atoms with Gasteiger partial charge in [-0.2, -0.15) is 0 Å². The predicted octanol–water partition coefficient (Wildman–Crippen LogP) is 2.15. The molecular formula is C14H19NO2. The van der Waals surface area contributed by atoms with Gasteiger partial charge in [-0.05, 0) is 30.9 Å². The largest absolute Gasteiger partial charge is 0.496 e. The highest BCUT2D eigenvalue weighted by atomic mass is 16.5. The molecule has 1 saturated carbocycles. The van der Waals surface area contributed by atoms with Crippen molar-refractivity contribution < 1.29 is 9.53 Å². The van der Waals surface area contributed by atoms with E-state index in [4.69, 9.17) is 4.74 Å². The van der Waals surface area contributed by atoms with Crippen LogP contribution in [0.1, 0.15) is 24.8 Å². The van der Waals surface area contributed by atoms with Crippen molar-refractivity contribution in [2.24, 2.45) is 5.92 Å². The predicted molar refractivity (Wildman–Crippen MR) is 67.0 cm³/mol. The number of hydrogen-bond donors (Lipinski definition) is 1. The zero-order valence-electron chi connectivity index (χ0n) is 10.2. The van der Waals surface area contributed by atoms with Gasteiger partial charge in [0.15, 0.2) is 0 Å². The first-order valence-electron chi connectivity index (χ1n) is 6.21. The van der Waals surface area contributed by atoms with Crippen LogP contribution in [0.4, 0.5) is 0 Å². The maximum absolute atomic E-state index is 11.6. The summed E-state index contributed by atoms with van der Waals surface area (Å²) in [6, 6.07) is 7.93. The van der Waals surface area contributed by atoms with Crippen LogP contribution in [0.2, 0.25) is 0 Å². The zero-order chi connectivity index (χ0) is 12.1. The van der Waals surface area contributed by atoms with E-state index in [2.05, 4.69) is 5.32 Å². The van der Waals surface area contributed by atoms with E-state index in [0.29, 0.717) is 6.54 Å². The Labute approximate surface area is 102 Å². The third-order valence-electron chi connectivity index (χ3n) is 3.36. The smallest absolute Gasteiger partial charge is 0.223 e. The summed E-state index contributed by atoms with van der Waals surface area (Å²) in [5.74, 6) is 1.38. The average molecular weight is 233 g/mol. The van der Waals surface area contributed by atoms with Crippen LogP contribution < -0.4 is 10.1 Å². The monoisotopic (exact) mass is 233 g/mol. The van der Waals surface area contributed by atoms with Crippen LogP contribution >= 0.6 is 0 Å². The van der Waals surface area contributed by atoms with E-state index in [-0.39, 0.29) is 11.8 Å². The van der Waals surface area contributed by atoms with Gasteiger partial charge in [-0.15, -0.1) is 0 Å². The number of methoxy groups -OCH3 is 1. The Balaban J connectivity index is 1.79. The highest BCUT2D eigenvalue weighted by Gasteiger charge is 2.24. The van der Waals surface area contributed by atoms with Crippen LogP contribution in [0.3, 0.4) is 0 Å². The van der Waals surface area contributed by atoms with Crippen molar-refractivity contribution in [2.75, 3.05) is 13.7 Å². The van der Waals surface area contributed by atoms with Crippen LogP contribution in [0.25, 0.3) is 0 Å². The van der Waals surface area contributed by atoms with Gasteiger partial charge in [0.1, 0.15) is 5.75 Å². The third kappa shape index (κ3) is 2.99. The number of ether oxygens (including phenoxy) is 1. The van der Waals surface area contributed by atoms with Crippen LogP contribution in [0.5, 0.6) is 5.75 Å². The molecule has 92 valence electrons. The van der Waals surface area contributed by atoms with Gasteiger partial charge in [0.2, 0.25) is 5.91 Å². The minimum atomic E-state index is 0.214. The number of rotatable bonds is 5. The van der Waals surface area contributed by atoms with Gasteiger partial charge in [-0.1, -0.05) is 24.6 Å². The van der Waals surface area contributed by atoms with E-state index >= 15 is 0 Å². The number of carbonyl (C=O) groups is 1. The molecule has 0 heterocycles. The van der Waals surface area contributed by atoms with Crippen LogP contribution in [0.15, 0.2) is 24.3 Å². The zero-order valence-corrected chi connectivity index (χ0v) is 10.2. The Bertz CT molecular complexity index is 386. The highest BCUT2D eigenvalue weighted by molar-refractivity contribution is 5.79. The van der Waals surface area contributed by atoms with Crippen molar-refractivity contribution in [3.63, 3.8) is 0 Å². The van der Waals surface area contributed by atoms with Gasteiger partial charge in [0.05, 0.1) is 7.11 Å². The molecule has 0 spiro atoms. The summed E-state index contributed by atoms with van der Waals surface area (Å²) in [6.45, 7) is 0.690. The second-order valence-electron chi connectivity index (χ2n) is 4.48. The molecule has 3 heteroatoms. The van der Waals surface area contributed by atoms with Gasteiger partial charge in [0, 0.05) is 12.5 Å². The normalized spacial score (nSPS) is 15.1. The minimum Gasteiger partial charge on any atom is -0.496 e. The first kappa shape index (κ1) is 12.0. The second-order valence-corrected chi connectivity index (χ2v) is 4.48. The van der Waals surface area contributed by atoms with Gasteiger partial charge in [-0.25, -0.2) is 0 Å². The van der Waals surface area contributed by atoms with Crippen molar-refractivity contribution in [3.05, 3.63) is 29.8 Å². The van der Waals surface area contributed by atoms with Gasteiger partial charge in [0.25, 0.3) is 0 Å². The summed E-state index contributed by atoms with van der Waals surface area (Å²) < 4.78 is 5.27. The van der Waals surface area contributed by atoms with E-state index in [1.54, 1.807) is 7.11 Å². The van der Waals surface area contributed by atoms with E-state index < -0.39 is 0 Å². The van der Waals surface area contributed by atoms with Gasteiger partial charge >= 0.3 is 0 Å². The van der Waals surface area contributed by atoms with Crippen molar-refractivity contribution >= 4 is 5.91 Å². The maximum Gasteiger partial charge on any atom is 0.223 e. The molecule has 1 N–H and O–H groups in total. The Kier molecular flexibility index (Phi) is 4.02. The molecule has 1 aliphatic carbocycles. The first-order chi connectivity index (χ1) is 8.31. The Morgan fingerprint density at radius 2 is 2.18 bits per heavy atom. The fourth-order valence-corrected chi connectivity index (χ4v) is 2.04. The number of nitrogens with one attached hydrogen (secondary N) is 1. The lowest BCUT2D eigenvalue weighted by atomic mass is 9.85. The minimum absolute atomic E-state index is 0.214. The summed E-state index contributed by atoms with van der Waals surface area (Å²) in [5, 5.41) is 2.99. The molecule has 0 atom stereocenters. The molecule has 1 amide bonds. The maximum atomic E-state index is 11.6. The average Bonchev–Trinajstić information content (AvgIpc) is 2.27. The molecule has 0 bridgehead atoms. The highest BCUT2D eigenvalue weighted by Crippen LogP contribution is 2.26. The van der Waals surface area contributed by atoms with Crippen LogP contribution in [0, 0.1) is 5.92 Å². The molecule has 0 aromatic heterocycles. The van der Waals surface area contributed by atoms with Crippen molar-refractivity contribution in [3.8, 4) is 5.75 Å².